The zero-order valence-electron chi connectivity index (χ0n) is 9.47. The number of hydrogen-bond acceptors (Lipinski definition) is 6. The van der Waals surface area contributed by atoms with Gasteiger partial charge in [0.15, 0.2) is 10.7 Å². The van der Waals surface area contributed by atoms with E-state index in [-0.39, 0.29) is 5.56 Å². The first-order valence-electron chi connectivity index (χ1n) is 5.27. The average molecular weight is 276 g/mol. The molecular formula is C11H8N4O3S. The van der Waals surface area contributed by atoms with E-state index in [1.54, 1.807) is 12.1 Å². The second-order valence-corrected chi connectivity index (χ2v) is 4.77. The quantitative estimate of drug-likeness (QED) is 0.473. The predicted octanol–water partition coefficient (Wildman–Crippen LogP) is 0.938. The zero-order chi connectivity index (χ0) is 13.4. The smallest absolute Gasteiger partial charge is 0.408 e. The number of nitrogens with zero attached hydrogens (tertiary/aromatic N) is 1. The Kier molecular flexibility index (Phi) is 2.64. The van der Waals surface area contributed by atoms with Gasteiger partial charge in [0, 0.05) is 28.9 Å². The van der Waals surface area contributed by atoms with Crippen molar-refractivity contribution in [1.29, 1.82) is 0 Å². The van der Waals surface area contributed by atoms with Crippen molar-refractivity contribution in [3.63, 3.8) is 0 Å². The van der Waals surface area contributed by atoms with Crippen molar-refractivity contribution < 1.29 is 4.42 Å². The van der Waals surface area contributed by atoms with Gasteiger partial charge >= 0.3 is 5.76 Å². The van der Waals surface area contributed by atoms with Crippen molar-refractivity contribution in [2.24, 2.45) is 0 Å². The molecule has 0 aliphatic rings. The summed E-state index contributed by atoms with van der Waals surface area (Å²) in [4.78, 5) is 32.1. The van der Waals surface area contributed by atoms with Crippen molar-refractivity contribution >= 4 is 28.5 Å². The second kappa shape index (κ2) is 4.32. The molecule has 0 radical (unpaired) electrons. The summed E-state index contributed by atoms with van der Waals surface area (Å²) >= 11 is 1.20. The predicted molar refractivity (Wildman–Crippen MR) is 70.2 cm³/mol. The van der Waals surface area contributed by atoms with Crippen LogP contribution in [0.4, 0.5) is 5.69 Å². The van der Waals surface area contributed by atoms with Crippen LogP contribution in [-0.2, 0) is 0 Å². The molecule has 0 atom stereocenters. The van der Waals surface area contributed by atoms with Crippen molar-refractivity contribution in [2.45, 2.75) is 10.1 Å². The minimum absolute atomic E-state index is 0.242. The van der Waals surface area contributed by atoms with Crippen molar-refractivity contribution in [3.8, 4) is 0 Å². The number of aromatic amines is 2. The fourth-order valence-corrected chi connectivity index (χ4v) is 2.42. The van der Waals surface area contributed by atoms with E-state index in [0.717, 1.165) is 0 Å². The van der Waals surface area contributed by atoms with Gasteiger partial charge in [-0.25, -0.2) is 9.78 Å². The van der Waals surface area contributed by atoms with Gasteiger partial charge in [-0.05, 0) is 17.8 Å². The van der Waals surface area contributed by atoms with Crippen LogP contribution in [-0.4, -0.2) is 15.0 Å². The van der Waals surface area contributed by atoms with E-state index in [1.807, 2.05) is 0 Å². The molecule has 2 heterocycles. The SMILES string of the molecule is Nc1cc2oc(=O)[nH]c2cc1Sc1nccc(=O)[nH]1. The van der Waals surface area contributed by atoms with E-state index in [0.29, 0.717) is 26.8 Å². The third-order valence-corrected chi connectivity index (χ3v) is 3.38. The molecule has 0 fully saturated rings. The highest BCUT2D eigenvalue weighted by Crippen LogP contribution is 2.31. The fourth-order valence-electron chi connectivity index (χ4n) is 1.59. The van der Waals surface area contributed by atoms with Gasteiger partial charge in [0.1, 0.15) is 0 Å². The normalized spacial score (nSPS) is 10.9. The Hall–Kier alpha value is -2.48. The first-order chi connectivity index (χ1) is 9.11. The number of rotatable bonds is 2. The van der Waals surface area contributed by atoms with Gasteiger partial charge in [-0.15, -0.1) is 0 Å². The summed E-state index contributed by atoms with van der Waals surface area (Å²) in [6.07, 6.45) is 1.41. The number of aromatic nitrogens is 3. The van der Waals surface area contributed by atoms with E-state index in [1.165, 1.54) is 24.0 Å². The Balaban J connectivity index is 2.07. The summed E-state index contributed by atoms with van der Waals surface area (Å²) in [6.45, 7) is 0. The molecular weight excluding hydrogens is 268 g/mol. The van der Waals surface area contributed by atoms with Gasteiger partial charge in [-0.1, -0.05) is 0 Å². The molecule has 0 unspecified atom stereocenters. The molecule has 3 aromatic rings. The number of nitrogen functional groups attached to an aromatic ring is 1. The van der Waals surface area contributed by atoms with Gasteiger partial charge in [-0.2, -0.15) is 0 Å². The average Bonchev–Trinajstić information content (AvgIpc) is 2.69. The van der Waals surface area contributed by atoms with Gasteiger partial charge < -0.3 is 15.1 Å². The first-order valence-corrected chi connectivity index (χ1v) is 6.09. The molecule has 19 heavy (non-hydrogen) atoms. The number of H-pyrrole nitrogens is 2. The van der Waals surface area contributed by atoms with Crippen molar-refractivity contribution in [3.05, 3.63) is 45.3 Å². The van der Waals surface area contributed by atoms with Gasteiger partial charge in [0.2, 0.25) is 0 Å². The summed E-state index contributed by atoms with van der Waals surface area (Å²) in [5.74, 6) is -0.539. The number of anilines is 1. The topological polar surface area (TPSA) is 118 Å². The highest BCUT2D eigenvalue weighted by Gasteiger charge is 2.09. The van der Waals surface area contributed by atoms with E-state index in [4.69, 9.17) is 10.2 Å². The van der Waals surface area contributed by atoms with E-state index in [2.05, 4.69) is 15.0 Å². The Morgan fingerprint density at radius 2 is 2.11 bits per heavy atom. The molecule has 4 N–H and O–H groups in total. The Bertz CT molecular complexity index is 864. The molecule has 0 bridgehead atoms. The third-order valence-electron chi connectivity index (χ3n) is 2.41. The van der Waals surface area contributed by atoms with Crippen LogP contribution in [0.5, 0.6) is 0 Å². The number of oxazole rings is 1. The fraction of sp³-hybridized carbons (Fsp3) is 0. The van der Waals surface area contributed by atoms with Crippen LogP contribution in [0, 0.1) is 0 Å². The summed E-state index contributed by atoms with van der Waals surface area (Å²) in [6, 6.07) is 4.55. The van der Waals surface area contributed by atoms with Crippen LogP contribution in [0.1, 0.15) is 0 Å². The lowest BCUT2D eigenvalue weighted by Crippen LogP contribution is -2.05. The number of nitrogens with one attached hydrogen (secondary N) is 2. The molecule has 8 heteroatoms. The Labute approximate surface area is 109 Å². The number of benzene rings is 1. The second-order valence-electron chi connectivity index (χ2n) is 3.74. The molecule has 0 spiro atoms. The van der Waals surface area contributed by atoms with Crippen LogP contribution < -0.4 is 17.0 Å². The number of hydrogen-bond donors (Lipinski definition) is 3. The maximum atomic E-state index is 11.2. The maximum Gasteiger partial charge on any atom is 0.417 e. The minimum Gasteiger partial charge on any atom is -0.408 e. The highest BCUT2D eigenvalue weighted by atomic mass is 32.2. The summed E-state index contributed by atoms with van der Waals surface area (Å²) in [5, 5.41) is 0.421. The summed E-state index contributed by atoms with van der Waals surface area (Å²) in [7, 11) is 0. The molecule has 1 aromatic carbocycles. The monoisotopic (exact) mass is 276 g/mol. The van der Waals surface area contributed by atoms with Crippen LogP contribution >= 0.6 is 11.8 Å². The number of fused-ring (bicyclic) bond motifs is 1. The standard InChI is InChI=1S/C11H8N4O3S/c12-5-3-7-6(14-11(17)18-7)4-8(5)19-10-13-2-1-9(16)15-10/h1-4H,12H2,(H,14,17)(H,13,15,16). The minimum atomic E-state index is -0.539. The largest absolute Gasteiger partial charge is 0.417 e. The molecule has 3 rings (SSSR count). The van der Waals surface area contributed by atoms with Gasteiger partial charge in [0.25, 0.3) is 5.56 Å². The molecule has 0 aliphatic carbocycles. The first kappa shape index (κ1) is 11.6. The lowest BCUT2D eigenvalue weighted by molar-refractivity contribution is 0.555. The summed E-state index contributed by atoms with van der Waals surface area (Å²) in [5.41, 5.74) is 6.99. The molecule has 0 saturated heterocycles. The van der Waals surface area contributed by atoms with Crippen molar-refractivity contribution in [1.82, 2.24) is 15.0 Å². The zero-order valence-corrected chi connectivity index (χ0v) is 10.3. The molecule has 0 amide bonds. The lowest BCUT2D eigenvalue weighted by atomic mass is 10.3. The molecule has 2 aromatic heterocycles. The number of nitrogens with two attached hydrogens (primary N) is 1. The van der Waals surface area contributed by atoms with E-state index >= 15 is 0 Å². The maximum absolute atomic E-state index is 11.2. The van der Waals surface area contributed by atoms with Crippen LogP contribution in [0.3, 0.4) is 0 Å². The Morgan fingerprint density at radius 1 is 1.26 bits per heavy atom. The van der Waals surface area contributed by atoms with Crippen LogP contribution in [0.15, 0.2) is 48.5 Å². The van der Waals surface area contributed by atoms with E-state index < -0.39 is 5.76 Å². The third kappa shape index (κ3) is 2.25. The Morgan fingerprint density at radius 3 is 2.89 bits per heavy atom. The molecule has 0 aliphatic heterocycles. The summed E-state index contributed by atoms with van der Waals surface area (Å²) < 4.78 is 4.90. The molecule has 0 saturated carbocycles. The lowest BCUT2D eigenvalue weighted by Gasteiger charge is -2.03. The van der Waals surface area contributed by atoms with Gasteiger partial charge in [0.05, 0.1) is 5.52 Å². The van der Waals surface area contributed by atoms with Crippen molar-refractivity contribution in [2.75, 3.05) is 5.73 Å². The highest BCUT2D eigenvalue weighted by molar-refractivity contribution is 7.99. The molecule has 7 nitrogen and oxygen atoms in total. The van der Waals surface area contributed by atoms with E-state index in [9.17, 15) is 9.59 Å². The van der Waals surface area contributed by atoms with Crippen LogP contribution in [0.25, 0.3) is 11.1 Å². The van der Waals surface area contributed by atoms with Gasteiger partial charge in [-0.3, -0.25) is 9.78 Å². The molecule has 96 valence electrons. The van der Waals surface area contributed by atoms with Crippen LogP contribution in [0.2, 0.25) is 0 Å².